The molecule has 8 heteroatoms. The van der Waals surface area contributed by atoms with Gasteiger partial charge in [0, 0.05) is 25.6 Å². The molecule has 5 rings (SSSR count). The van der Waals surface area contributed by atoms with Gasteiger partial charge < -0.3 is 4.90 Å². The quantitative estimate of drug-likeness (QED) is 0.573. The van der Waals surface area contributed by atoms with E-state index in [4.69, 9.17) is 0 Å². The molecule has 2 atom stereocenters. The number of rotatable bonds is 4. The molecule has 1 amide bonds. The predicted molar refractivity (Wildman–Crippen MR) is 121 cm³/mol. The molecule has 33 heavy (non-hydrogen) atoms. The van der Waals surface area contributed by atoms with Crippen LogP contribution in [0.15, 0.2) is 58.1 Å². The van der Waals surface area contributed by atoms with Crippen LogP contribution in [0.2, 0.25) is 0 Å². The molecule has 0 spiro atoms. The molecular formula is C25H25FN4O3. The van der Waals surface area contributed by atoms with Gasteiger partial charge in [-0.3, -0.25) is 19.0 Å². The summed E-state index contributed by atoms with van der Waals surface area (Å²) >= 11 is 0. The van der Waals surface area contributed by atoms with Crippen LogP contribution < -0.4 is 11.1 Å². The van der Waals surface area contributed by atoms with Gasteiger partial charge in [0.05, 0.1) is 13.0 Å². The van der Waals surface area contributed by atoms with Gasteiger partial charge in [-0.1, -0.05) is 42.0 Å². The molecule has 0 aliphatic carbocycles. The lowest BCUT2D eigenvalue weighted by atomic mass is 9.87. The van der Waals surface area contributed by atoms with Crippen LogP contribution in [-0.2, 0) is 24.3 Å². The second kappa shape index (κ2) is 8.42. The summed E-state index contributed by atoms with van der Waals surface area (Å²) in [6.45, 7) is 3.58. The molecule has 0 saturated carbocycles. The fourth-order valence-corrected chi connectivity index (χ4v) is 4.88. The molecule has 1 fully saturated rings. The second-order valence-electron chi connectivity index (χ2n) is 9.02. The third-order valence-electron chi connectivity index (χ3n) is 6.72. The zero-order valence-corrected chi connectivity index (χ0v) is 18.4. The molecule has 2 unspecified atom stereocenters. The third-order valence-corrected chi connectivity index (χ3v) is 6.72. The first kappa shape index (κ1) is 21.3. The van der Waals surface area contributed by atoms with E-state index in [-0.39, 0.29) is 24.3 Å². The van der Waals surface area contributed by atoms with Gasteiger partial charge in [0.25, 0.3) is 0 Å². The molecular weight excluding hydrogens is 423 g/mol. The zero-order valence-electron chi connectivity index (χ0n) is 18.4. The van der Waals surface area contributed by atoms with Crippen LogP contribution in [0.1, 0.15) is 34.9 Å². The number of likely N-dealkylation sites (tertiary alicyclic amines) is 1. The van der Waals surface area contributed by atoms with Gasteiger partial charge in [-0.15, -0.1) is 0 Å². The molecule has 1 saturated heterocycles. The summed E-state index contributed by atoms with van der Waals surface area (Å²) in [5.41, 5.74) is 1.35. The van der Waals surface area contributed by atoms with Gasteiger partial charge in [0.1, 0.15) is 11.6 Å². The van der Waals surface area contributed by atoms with E-state index in [9.17, 15) is 18.8 Å². The molecule has 0 bridgehead atoms. The van der Waals surface area contributed by atoms with E-state index < -0.39 is 16.9 Å². The number of aryl methyl sites for hydroxylation is 1. The number of piperidine rings is 1. The predicted octanol–water partition coefficient (Wildman–Crippen LogP) is 2.09. The van der Waals surface area contributed by atoms with Gasteiger partial charge in [-0.05, 0) is 42.5 Å². The normalized spacial score (nSPS) is 19.3. The van der Waals surface area contributed by atoms with E-state index in [1.54, 1.807) is 12.1 Å². The number of carbonyl (C=O) groups excluding carboxylic acids is 1. The standard InChI is InChI=1S/C25H25FN4O3/c1-16-5-7-17(8-6-16)12-22(31)28-10-9-19-14-29-23(21(19)15-28)27-30(25(33)24(29)32)13-18-3-2-4-20(26)11-18/h2-8,11,19,21H,9-10,12-15H2,1H3. The minimum atomic E-state index is -0.714. The highest BCUT2D eigenvalue weighted by atomic mass is 19.1. The number of fused-ring (bicyclic) bond motifs is 3. The topological polar surface area (TPSA) is 77.2 Å². The van der Waals surface area contributed by atoms with Crippen LogP contribution in [0.4, 0.5) is 4.39 Å². The van der Waals surface area contributed by atoms with Crippen LogP contribution in [0.5, 0.6) is 0 Å². The lowest BCUT2D eigenvalue weighted by Gasteiger charge is -2.34. The highest BCUT2D eigenvalue weighted by molar-refractivity contribution is 5.79. The summed E-state index contributed by atoms with van der Waals surface area (Å²) in [6.07, 6.45) is 1.09. The van der Waals surface area contributed by atoms with Crippen molar-refractivity contribution in [3.63, 3.8) is 0 Å². The molecule has 1 aromatic heterocycles. The summed E-state index contributed by atoms with van der Waals surface area (Å²) in [6, 6.07) is 13.8. The molecule has 2 aliphatic rings. The molecule has 0 radical (unpaired) electrons. The van der Waals surface area contributed by atoms with E-state index in [0.717, 1.165) is 22.2 Å². The van der Waals surface area contributed by atoms with Crippen molar-refractivity contribution in [2.24, 2.45) is 5.92 Å². The minimum absolute atomic E-state index is 0.0210. The van der Waals surface area contributed by atoms with Crippen LogP contribution in [0.25, 0.3) is 0 Å². The summed E-state index contributed by atoms with van der Waals surface area (Å²) in [5, 5.41) is 4.52. The van der Waals surface area contributed by atoms with E-state index in [1.807, 2.05) is 36.1 Å². The lowest BCUT2D eigenvalue weighted by molar-refractivity contribution is -0.132. The van der Waals surface area contributed by atoms with Crippen molar-refractivity contribution in [3.8, 4) is 0 Å². The maximum absolute atomic E-state index is 13.6. The maximum atomic E-state index is 13.6. The van der Waals surface area contributed by atoms with E-state index in [2.05, 4.69) is 5.10 Å². The van der Waals surface area contributed by atoms with Crippen LogP contribution in [0, 0.1) is 18.7 Å². The minimum Gasteiger partial charge on any atom is -0.342 e. The molecule has 0 N–H and O–H groups in total. The Hall–Kier alpha value is -3.55. The van der Waals surface area contributed by atoms with Crippen molar-refractivity contribution in [3.05, 3.63) is 97.6 Å². The Morgan fingerprint density at radius 3 is 2.61 bits per heavy atom. The monoisotopic (exact) mass is 448 g/mol. The largest absolute Gasteiger partial charge is 0.342 e. The first-order valence-electron chi connectivity index (χ1n) is 11.2. The first-order chi connectivity index (χ1) is 15.9. The molecule has 3 heterocycles. The van der Waals surface area contributed by atoms with Crippen molar-refractivity contribution in [1.29, 1.82) is 0 Å². The van der Waals surface area contributed by atoms with E-state index in [0.29, 0.717) is 37.4 Å². The molecule has 7 nitrogen and oxygen atoms in total. The van der Waals surface area contributed by atoms with Crippen molar-refractivity contribution < 1.29 is 9.18 Å². The Morgan fingerprint density at radius 1 is 1.06 bits per heavy atom. The van der Waals surface area contributed by atoms with Crippen molar-refractivity contribution >= 4 is 5.91 Å². The zero-order chi connectivity index (χ0) is 23.1. The van der Waals surface area contributed by atoms with Gasteiger partial charge >= 0.3 is 11.1 Å². The number of halogens is 1. The highest BCUT2D eigenvalue weighted by Crippen LogP contribution is 2.37. The number of carbonyl (C=O) groups is 1. The van der Waals surface area contributed by atoms with E-state index in [1.165, 1.54) is 16.7 Å². The Balaban J connectivity index is 1.39. The van der Waals surface area contributed by atoms with E-state index >= 15 is 0 Å². The Labute approximate surface area is 190 Å². The number of hydrogen-bond donors (Lipinski definition) is 0. The van der Waals surface area contributed by atoms with Gasteiger partial charge in [-0.2, -0.15) is 5.10 Å². The Kier molecular flexibility index (Phi) is 5.44. The SMILES string of the molecule is Cc1ccc(CC(=O)N2CCC3Cn4c(nn(Cc5cccc(F)c5)c(=O)c4=O)C3C2)cc1. The average Bonchev–Trinajstić information content (AvgIpc) is 3.17. The molecule has 3 aromatic rings. The van der Waals surface area contributed by atoms with Gasteiger partial charge in [-0.25, -0.2) is 9.07 Å². The smallest absolute Gasteiger partial charge is 0.332 e. The van der Waals surface area contributed by atoms with Gasteiger partial charge in [0.15, 0.2) is 0 Å². The summed E-state index contributed by atoms with van der Waals surface area (Å²) in [4.78, 5) is 40.2. The molecule has 170 valence electrons. The Morgan fingerprint density at radius 2 is 1.85 bits per heavy atom. The fourth-order valence-electron chi connectivity index (χ4n) is 4.88. The van der Waals surface area contributed by atoms with Gasteiger partial charge in [0.2, 0.25) is 5.91 Å². The van der Waals surface area contributed by atoms with Crippen molar-refractivity contribution in [2.45, 2.75) is 38.8 Å². The summed E-state index contributed by atoms with van der Waals surface area (Å²) in [7, 11) is 0. The van der Waals surface area contributed by atoms with Crippen LogP contribution >= 0.6 is 0 Å². The number of benzene rings is 2. The number of amides is 1. The molecule has 2 aliphatic heterocycles. The average molecular weight is 448 g/mol. The van der Waals surface area contributed by atoms with Crippen molar-refractivity contribution in [2.75, 3.05) is 13.1 Å². The Bertz CT molecular complexity index is 1330. The first-order valence-corrected chi connectivity index (χ1v) is 11.2. The molecule has 2 aromatic carbocycles. The summed E-state index contributed by atoms with van der Waals surface area (Å²) in [5.74, 6) is 0.236. The maximum Gasteiger partial charge on any atom is 0.332 e. The number of hydrogen-bond acceptors (Lipinski definition) is 4. The number of nitrogens with zero attached hydrogens (tertiary/aromatic N) is 4. The van der Waals surface area contributed by atoms with Crippen molar-refractivity contribution in [1.82, 2.24) is 19.2 Å². The lowest BCUT2D eigenvalue weighted by Crippen LogP contribution is -2.44. The second-order valence-corrected chi connectivity index (χ2v) is 9.02. The third kappa shape index (κ3) is 4.13. The summed E-state index contributed by atoms with van der Waals surface area (Å²) < 4.78 is 16.2. The fraction of sp³-hybridized carbons (Fsp3) is 0.360. The highest BCUT2D eigenvalue weighted by Gasteiger charge is 2.41. The number of aromatic nitrogens is 3. The van der Waals surface area contributed by atoms with Crippen LogP contribution in [0.3, 0.4) is 0 Å². The van der Waals surface area contributed by atoms with Crippen LogP contribution in [-0.4, -0.2) is 38.2 Å².